The van der Waals surface area contributed by atoms with Crippen molar-refractivity contribution in [3.05, 3.63) is 111 Å². The maximum Gasteiger partial charge on any atom is 0.251 e. The van der Waals surface area contributed by atoms with Crippen LogP contribution < -0.4 is 10.9 Å². The second-order valence-corrected chi connectivity index (χ2v) is 10.9. The quantitative estimate of drug-likeness (QED) is 0.343. The molecule has 10 heteroatoms. The Morgan fingerprint density at radius 3 is 2.43 bits per heavy atom. The summed E-state index contributed by atoms with van der Waals surface area (Å²) in [7, 11) is -4.02. The van der Waals surface area contributed by atoms with Crippen molar-refractivity contribution in [1.29, 1.82) is 0 Å². The van der Waals surface area contributed by atoms with Gasteiger partial charge in [-0.2, -0.15) is 4.31 Å². The predicted molar refractivity (Wildman–Crippen MR) is 144 cm³/mol. The molecule has 0 unspecified atom stereocenters. The summed E-state index contributed by atoms with van der Waals surface area (Å²) < 4.78 is 28.1. The highest BCUT2D eigenvalue weighted by molar-refractivity contribution is 7.89. The van der Waals surface area contributed by atoms with Gasteiger partial charge >= 0.3 is 0 Å². The smallest absolute Gasteiger partial charge is 0.251 e. The van der Waals surface area contributed by atoms with Crippen LogP contribution in [0.2, 0.25) is 5.02 Å². The molecule has 0 atom stereocenters. The number of nitrogens with one attached hydrogen (secondary N) is 2. The third-order valence-corrected chi connectivity index (χ3v) is 7.75. The predicted octanol–water partition coefficient (Wildman–Crippen LogP) is 4.54. The van der Waals surface area contributed by atoms with Gasteiger partial charge in [0.1, 0.15) is 5.82 Å². The van der Waals surface area contributed by atoms with Gasteiger partial charge in [-0.1, -0.05) is 59.6 Å². The largest absolute Gasteiger partial charge is 0.325 e. The number of nitrogens with zero attached hydrogens (tertiary/aromatic N) is 2. The lowest BCUT2D eigenvalue weighted by molar-refractivity contribution is -0.116. The van der Waals surface area contributed by atoms with Gasteiger partial charge in [0.15, 0.2) is 0 Å². The molecule has 4 aromatic rings. The van der Waals surface area contributed by atoms with Gasteiger partial charge < -0.3 is 10.3 Å². The number of hydrogen-bond donors (Lipinski definition) is 2. The number of aryl methyl sites for hydroxylation is 2. The highest BCUT2D eigenvalue weighted by Crippen LogP contribution is 2.24. The van der Waals surface area contributed by atoms with Crippen molar-refractivity contribution in [3.8, 4) is 11.4 Å². The number of carbonyl (C=O) groups is 1. The first kappa shape index (κ1) is 26.3. The molecule has 0 aliphatic heterocycles. The third-order valence-electron chi connectivity index (χ3n) is 5.57. The number of carbonyl (C=O) groups excluding carboxylic acids is 1. The Morgan fingerprint density at radius 1 is 1.00 bits per heavy atom. The number of aromatic amines is 1. The number of amides is 1. The summed E-state index contributed by atoms with van der Waals surface area (Å²) in [6.07, 6.45) is 0. The van der Waals surface area contributed by atoms with Crippen LogP contribution in [0.15, 0.2) is 88.6 Å². The van der Waals surface area contributed by atoms with E-state index < -0.39 is 22.5 Å². The summed E-state index contributed by atoms with van der Waals surface area (Å²) in [5.41, 5.74) is 2.79. The molecule has 0 radical (unpaired) electrons. The second kappa shape index (κ2) is 11.1. The minimum absolute atomic E-state index is 0.0782. The number of H-pyrrole nitrogens is 1. The second-order valence-electron chi connectivity index (χ2n) is 8.54. The normalized spacial score (nSPS) is 11.5. The summed E-state index contributed by atoms with van der Waals surface area (Å²) in [6.45, 7) is 3.05. The zero-order valence-corrected chi connectivity index (χ0v) is 21.8. The number of aromatic nitrogens is 2. The number of rotatable bonds is 8. The topological polar surface area (TPSA) is 112 Å². The van der Waals surface area contributed by atoms with E-state index in [1.165, 1.54) is 18.2 Å². The van der Waals surface area contributed by atoms with Gasteiger partial charge in [-0.15, -0.1) is 0 Å². The zero-order valence-electron chi connectivity index (χ0n) is 20.2. The number of sulfonamides is 1. The van der Waals surface area contributed by atoms with Crippen molar-refractivity contribution >= 4 is 33.2 Å². The lowest BCUT2D eigenvalue weighted by Crippen LogP contribution is -2.37. The first-order valence-corrected chi connectivity index (χ1v) is 13.2. The van der Waals surface area contributed by atoms with E-state index in [0.29, 0.717) is 33.4 Å². The minimum atomic E-state index is -4.02. The van der Waals surface area contributed by atoms with E-state index in [1.807, 2.05) is 6.92 Å². The molecule has 4 rings (SSSR count). The van der Waals surface area contributed by atoms with Crippen LogP contribution in [-0.2, 0) is 21.4 Å². The van der Waals surface area contributed by atoms with Gasteiger partial charge in [0, 0.05) is 34.6 Å². The lowest BCUT2D eigenvalue weighted by atomic mass is 10.2. The maximum absolute atomic E-state index is 13.5. The molecule has 0 spiro atoms. The lowest BCUT2D eigenvalue weighted by Gasteiger charge is -2.22. The van der Waals surface area contributed by atoms with Crippen LogP contribution in [0.4, 0.5) is 5.69 Å². The maximum atomic E-state index is 13.5. The number of benzene rings is 3. The SMILES string of the molecule is Cc1ccc(S(=O)(=O)N(CC(=O)Nc2cccc(-c3nc(C)cc(=O)[nH]3)c2)Cc2ccccc2Cl)cc1. The van der Waals surface area contributed by atoms with Crippen molar-refractivity contribution in [3.63, 3.8) is 0 Å². The van der Waals surface area contributed by atoms with Gasteiger partial charge in [0.05, 0.1) is 11.4 Å². The summed E-state index contributed by atoms with van der Waals surface area (Å²) in [5.74, 6) is -0.172. The Morgan fingerprint density at radius 2 is 1.73 bits per heavy atom. The molecule has 0 fully saturated rings. The Labute approximate surface area is 220 Å². The molecule has 8 nitrogen and oxygen atoms in total. The molecular weight excluding hydrogens is 512 g/mol. The average Bonchev–Trinajstić information content (AvgIpc) is 2.85. The van der Waals surface area contributed by atoms with Crippen LogP contribution in [0.1, 0.15) is 16.8 Å². The van der Waals surface area contributed by atoms with Gasteiger partial charge in [0.2, 0.25) is 15.9 Å². The highest BCUT2D eigenvalue weighted by atomic mass is 35.5. The fourth-order valence-electron chi connectivity index (χ4n) is 3.72. The average molecular weight is 537 g/mol. The number of hydrogen-bond acceptors (Lipinski definition) is 5. The zero-order chi connectivity index (χ0) is 26.6. The Balaban J connectivity index is 1.60. The number of halogens is 1. The molecular formula is C27H25ClN4O4S. The molecule has 3 aromatic carbocycles. The van der Waals surface area contributed by atoms with E-state index in [0.717, 1.165) is 9.87 Å². The van der Waals surface area contributed by atoms with Crippen LogP contribution in [0.5, 0.6) is 0 Å². The summed E-state index contributed by atoms with van der Waals surface area (Å²) >= 11 is 6.30. The van der Waals surface area contributed by atoms with E-state index in [2.05, 4.69) is 15.3 Å². The van der Waals surface area contributed by atoms with Gasteiger partial charge in [0.25, 0.3) is 5.56 Å². The summed E-state index contributed by atoms with van der Waals surface area (Å²) in [5, 5.41) is 3.15. The van der Waals surface area contributed by atoms with Crippen LogP contribution in [-0.4, -0.2) is 35.1 Å². The van der Waals surface area contributed by atoms with E-state index in [1.54, 1.807) is 67.6 Å². The number of anilines is 1. The molecule has 0 saturated heterocycles. The molecule has 2 N–H and O–H groups in total. The van der Waals surface area contributed by atoms with E-state index in [-0.39, 0.29) is 17.0 Å². The van der Waals surface area contributed by atoms with Crippen molar-refractivity contribution in [2.45, 2.75) is 25.3 Å². The standard InChI is InChI=1S/C27H25ClN4O4S/c1-18-10-12-23(13-11-18)37(35,36)32(16-21-6-3-4-9-24(21)28)17-26(34)30-22-8-5-7-20(15-22)27-29-19(2)14-25(33)31-27/h3-15H,16-17H2,1-2H3,(H,30,34)(H,29,31,33). The fraction of sp³-hybridized carbons (Fsp3) is 0.148. The molecule has 190 valence electrons. The van der Waals surface area contributed by atoms with Crippen LogP contribution in [0, 0.1) is 13.8 Å². The summed E-state index contributed by atoms with van der Waals surface area (Å²) in [4.78, 5) is 32.0. The highest BCUT2D eigenvalue weighted by Gasteiger charge is 2.27. The van der Waals surface area contributed by atoms with E-state index >= 15 is 0 Å². The Bertz CT molecular complexity index is 1600. The van der Waals surface area contributed by atoms with Gasteiger partial charge in [-0.25, -0.2) is 13.4 Å². The molecule has 1 heterocycles. The van der Waals surface area contributed by atoms with Gasteiger partial charge in [-0.05, 0) is 49.7 Å². The van der Waals surface area contributed by atoms with Crippen molar-refractivity contribution < 1.29 is 13.2 Å². The van der Waals surface area contributed by atoms with Crippen LogP contribution in [0.3, 0.4) is 0 Å². The van der Waals surface area contributed by atoms with Crippen molar-refractivity contribution in [1.82, 2.24) is 14.3 Å². The van der Waals surface area contributed by atoms with Crippen molar-refractivity contribution in [2.24, 2.45) is 0 Å². The van der Waals surface area contributed by atoms with Gasteiger partial charge in [-0.3, -0.25) is 9.59 Å². The molecule has 37 heavy (non-hydrogen) atoms. The van der Waals surface area contributed by atoms with Crippen LogP contribution in [0.25, 0.3) is 11.4 Å². The monoisotopic (exact) mass is 536 g/mol. The fourth-order valence-corrected chi connectivity index (χ4v) is 5.29. The molecule has 0 aliphatic carbocycles. The van der Waals surface area contributed by atoms with E-state index in [9.17, 15) is 18.0 Å². The first-order valence-electron chi connectivity index (χ1n) is 11.4. The van der Waals surface area contributed by atoms with Crippen molar-refractivity contribution in [2.75, 3.05) is 11.9 Å². The Kier molecular flexibility index (Phi) is 7.87. The molecule has 1 amide bonds. The van der Waals surface area contributed by atoms with E-state index in [4.69, 9.17) is 11.6 Å². The molecule has 0 aliphatic rings. The third kappa shape index (κ3) is 6.51. The minimum Gasteiger partial charge on any atom is -0.325 e. The molecule has 0 saturated carbocycles. The Hall–Kier alpha value is -3.79. The first-order chi connectivity index (χ1) is 17.6. The van der Waals surface area contributed by atoms with Crippen LogP contribution >= 0.6 is 11.6 Å². The summed E-state index contributed by atoms with van der Waals surface area (Å²) in [6, 6.07) is 21.5. The molecule has 1 aromatic heterocycles. The molecule has 0 bridgehead atoms.